The van der Waals surface area contributed by atoms with Crippen molar-refractivity contribution in [3.05, 3.63) is 13.3 Å². The van der Waals surface area contributed by atoms with Crippen molar-refractivity contribution in [1.82, 2.24) is 0 Å². The molecule has 0 aliphatic rings. The Hall–Kier alpha value is 1.06. The van der Waals surface area contributed by atoms with E-state index >= 15 is 0 Å². The van der Waals surface area contributed by atoms with E-state index in [2.05, 4.69) is 6.92 Å². The molecule has 1 radical (unpaired) electrons. The molecule has 0 saturated heterocycles. The van der Waals surface area contributed by atoms with Crippen molar-refractivity contribution in [3.63, 3.8) is 0 Å². The minimum absolute atomic E-state index is 0. The maximum Gasteiger partial charge on any atom is 0 e. The first-order valence-electron chi connectivity index (χ1n) is 3.31. The number of hydrogen-bond donors (Lipinski definition) is 1. The molecule has 0 saturated carbocycles. The van der Waals surface area contributed by atoms with Gasteiger partial charge in [0.1, 0.15) is 0 Å². The molecule has 0 fully saturated rings. The molecule has 0 bridgehead atoms. The minimum Gasteiger partial charge on any atom is -0.425 e. The van der Waals surface area contributed by atoms with Crippen molar-refractivity contribution < 1.29 is 37.8 Å². The number of rotatable bonds is 1. The molecule has 1 N–H and O–H groups in total. The average Bonchev–Trinajstić information content (AvgIpc) is 1.68. The summed E-state index contributed by atoms with van der Waals surface area (Å²) >= 11 is 0. The molecule has 0 aromatic rings. The molecule has 0 aliphatic carbocycles. The first-order chi connectivity index (χ1) is 4.06. The van der Waals surface area contributed by atoms with E-state index in [0.717, 1.165) is 0 Å². The molecule has 2 heteroatoms. The summed E-state index contributed by atoms with van der Waals surface area (Å²) in [5, 5.41) is 8.52. The van der Waals surface area contributed by atoms with E-state index in [4.69, 9.17) is 5.11 Å². The number of hydrogen-bond acceptors (Lipinski definition) is 1. The van der Waals surface area contributed by atoms with E-state index in [0.29, 0.717) is 5.92 Å². The SMILES string of the molecule is C[CH-]C.[CH2-]C(O)C(C)C.[Y]. The van der Waals surface area contributed by atoms with Crippen LogP contribution >= 0.6 is 0 Å². The molecule has 0 heterocycles. The molecule has 0 rings (SSSR count). The fourth-order valence-electron chi connectivity index (χ4n) is 0. The molecule has 61 valence electrons. The fraction of sp³-hybridized carbons (Fsp3) is 0.750. The smallest absolute Gasteiger partial charge is 0 e. The summed E-state index contributed by atoms with van der Waals surface area (Å²) in [6.07, 6.45) is 1.60. The summed E-state index contributed by atoms with van der Waals surface area (Å²) < 4.78 is 0. The molecule has 0 aliphatic heterocycles. The van der Waals surface area contributed by atoms with Crippen LogP contribution in [0.5, 0.6) is 0 Å². The Morgan fingerprint density at radius 1 is 1.30 bits per heavy atom. The number of aliphatic hydroxyl groups excluding tert-OH is 1. The van der Waals surface area contributed by atoms with Gasteiger partial charge in [0.15, 0.2) is 0 Å². The summed E-state index contributed by atoms with van der Waals surface area (Å²) in [7, 11) is 0. The second-order valence-electron chi connectivity index (χ2n) is 2.39. The van der Waals surface area contributed by atoms with Crippen molar-refractivity contribution >= 4 is 0 Å². The third kappa shape index (κ3) is 23.0. The maximum atomic E-state index is 8.52. The van der Waals surface area contributed by atoms with Gasteiger partial charge >= 0.3 is 0 Å². The van der Waals surface area contributed by atoms with Crippen LogP contribution in [0.3, 0.4) is 0 Å². The van der Waals surface area contributed by atoms with Crippen molar-refractivity contribution in [2.45, 2.75) is 33.8 Å². The Labute approximate surface area is 90.5 Å². The quantitative estimate of drug-likeness (QED) is 0.669. The van der Waals surface area contributed by atoms with Crippen molar-refractivity contribution in [1.29, 1.82) is 0 Å². The Morgan fingerprint density at radius 3 is 1.40 bits per heavy atom. The van der Waals surface area contributed by atoms with Crippen LogP contribution in [-0.4, -0.2) is 11.2 Å². The summed E-state index contributed by atoms with van der Waals surface area (Å²) in [4.78, 5) is 0. The van der Waals surface area contributed by atoms with Crippen LogP contribution < -0.4 is 0 Å². The third-order valence-electron chi connectivity index (χ3n) is 0.770. The van der Waals surface area contributed by atoms with Gasteiger partial charge in [-0.05, 0) is 5.92 Å². The van der Waals surface area contributed by atoms with Crippen molar-refractivity contribution in [2.24, 2.45) is 5.92 Å². The molecule has 1 atom stereocenters. The second kappa shape index (κ2) is 12.7. The predicted octanol–water partition coefficient (Wildman–Crippen LogP) is 2.07. The van der Waals surface area contributed by atoms with E-state index in [1.807, 2.05) is 34.1 Å². The van der Waals surface area contributed by atoms with Crippen LogP contribution in [0.4, 0.5) is 0 Å². The van der Waals surface area contributed by atoms with Crippen LogP contribution in [-0.2, 0) is 32.7 Å². The monoisotopic (exact) mass is 219 g/mol. The molecular weight excluding hydrogens is 201 g/mol. The van der Waals surface area contributed by atoms with Gasteiger partial charge < -0.3 is 18.5 Å². The zero-order chi connectivity index (χ0) is 7.86. The van der Waals surface area contributed by atoms with Gasteiger partial charge in [0.2, 0.25) is 0 Å². The molecule has 1 nitrogen and oxygen atoms in total. The Kier molecular flexibility index (Phi) is 21.9. The third-order valence-corrected chi connectivity index (χ3v) is 0.770. The van der Waals surface area contributed by atoms with Crippen molar-refractivity contribution in [3.8, 4) is 0 Å². The van der Waals surface area contributed by atoms with E-state index in [-0.39, 0.29) is 32.7 Å². The maximum absolute atomic E-state index is 8.52. The zero-order valence-corrected chi connectivity index (χ0v) is 10.3. The van der Waals surface area contributed by atoms with Gasteiger partial charge in [-0.15, -0.1) is 0 Å². The Balaban J connectivity index is -0.000000107. The van der Waals surface area contributed by atoms with Crippen LogP contribution in [0.15, 0.2) is 0 Å². The molecule has 0 aromatic carbocycles. The van der Waals surface area contributed by atoms with E-state index in [1.54, 1.807) is 0 Å². The van der Waals surface area contributed by atoms with Crippen LogP contribution in [0.25, 0.3) is 0 Å². The Morgan fingerprint density at radius 2 is 1.40 bits per heavy atom. The molecule has 0 spiro atoms. The summed E-state index contributed by atoms with van der Waals surface area (Å²) in [6.45, 7) is 11.2. The standard InChI is InChI=1S/C5H11O.C3H7.Y/c1-4(2)5(3)6;1-3-2;/h4-6H,3H2,1-2H3;3H,1-2H3;/q2*-1;. The van der Waals surface area contributed by atoms with Gasteiger partial charge in [0.25, 0.3) is 0 Å². The molecular formula is C8H18OY-2. The molecule has 0 aromatic heterocycles. The second-order valence-corrected chi connectivity index (χ2v) is 2.39. The van der Waals surface area contributed by atoms with E-state index in [1.165, 1.54) is 0 Å². The van der Waals surface area contributed by atoms with Gasteiger partial charge in [0.05, 0.1) is 0 Å². The van der Waals surface area contributed by atoms with Crippen molar-refractivity contribution in [2.75, 3.05) is 0 Å². The molecule has 10 heavy (non-hydrogen) atoms. The van der Waals surface area contributed by atoms with Gasteiger partial charge in [-0.25, -0.2) is 0 Å². The summed E-state index contributed by atoms with van der Waals surface area (Å²) in [5.74, 6) is 0.296. The molecule has 0 amide bonds. The fourth-order valence-corrected chi connectivity index (χ4v) is 0. The average molecular weight is 219 g/mol. The van der Waals surface area contributed by atoms with E-state index in [9.17, 15) is 0 Å². The van der Waals surface area contributed by atoms with Crippen LogP contribution in [0.1, 0.15) is 27.7 Å². The normalized spacial score (nSPS) is 11.1. The first kappa shape index (κ1) is 17.2. The minimum atomic E-state index is -0.398. The first-order valence-corrected chi connectivity index (χ1v) is 3.31. The predicted molar refractivity (Wildman–Crippen MR) is 41.8 cm³/mol. The van der Waals surface area contributed by atoms with Gasteiger partial charge in [-0.2, -0.15) is 13.8 Å². The van der Waals surface area contributed by atoms with Crippen LogP contribution in [0.2, 0.25) is 0 Å². The molecule has 1 unspecified atom stereocenters. The van der Waals surface area contributed by atoms with E-state index < -0.39 is 6.10 Å². The summed E-state index contributed by atoms with van der Waals surface area (Å²) in [6, 6.07) is 0. The summed E-state index contributed by atoms with van der Waals surface area (Å²) in [5.41, 5.74) is 0. The topological polar surface area (TPSA) is 20.2 Å². The zero-order valence-electron chi connectivity index (χ0n) is 7.46. The largest absolute Gasteiger partial charge is 0.425 e. The van der Waals surface area contributed by atoms with Gasteiger partial charge in [0, 0.05) is 32.7 Å². The number of aliphatic hydroxyl groups is 1. The van der Waals surface area contributed by atoms with Crippen LogP contribution in [0, 0.1) is 19.3 Å². The van der Waals surface area contributed by atoms with Gasteiger partial charge in [-0.3, -0.25) is 0 Å². The van der Waals surface area contributed by atoms with Gasteiger partial charge in [-0.1, -0.05) is 20.0 Å². The Bertz CT molecular complexity index is 38.5.